The predicted octanol–water partition coefficient (Wildman–Crippen LogP) is 0.119. The number of aliphatic hydroxyl groups is 1. The van der Waals surface area contributed by atoms with Gasteiger partial charge in [0.2, 0.25) is 10.0 Å². The minimum absolute atomic E-state index is 0.0100. The molecule has 0 bridgehead atoms. The molecule has 0 aliphatic heterocycles. The SMILES string of the molecule is O=C(O)c1cccc(NS(=O)(=O)CCO)c1. The summed E-state index contributed by atoms with van der Waals surface area (Å²) in [5.74, 6) is -1.56. The number of carboxylic acid groups (broad SMARTS) is 1. The molecule has 3 N–H and O–H groups in total. The molecule has 0 fully saturated rings. The molecule has 1 rings (SSSR count). The van der Waals surface area contributed by atoms with Crippen molar-refractivity contribution in [3.8, 4) is 0 Å². The molecular formula is C9H11NO5S. The van der Waals surface area contributed by atoms with Crippen LogP contribution in [0.25, 0.3) is 0 Å². The highest BCUT2D eigenvalue weighted by molar-refractivity contribution is 7.92. The Kier molecular flexibility index (Phi) is 3.86. The number of sulfonamides is 1. The second-order valence-electron chi connectivity index (χ2n) is 3.03. The Labute approximate surface area is 92.6 Å². The van der Waals surface area contributed by atoms with Crippen molar-refractivity contribution >= 4 is 21.7 Å². The summed E-state index contributed by atoms with van der Waals surface area (Å²) in [6, 6.07) is 5.42. The van der Waals surface area contributed by atoms with Crippen molar-refractivity contribution in [2.45, 2.75) is 0 Å². The Morgan fingerprint density at radius 3 is 2.62 bits per heavy atom. The van der Waals surface area contributed by atoms with Crippen LogP contribution >= 0.6 is 0 Å². The summed E-state index contributed by atoms with van der Waals surface area (Å²) in [4.78, 5) is 10.6. The van der Waals surface area contributed by atoms with E-state index in [4.69, 9.17) is 10.2 Å². The van der Waals surface area contributed by atoms with Crippen molar-refractivity contribution in [3.63, 3.8) is 0 Å². The number of benzene rings is 1. The van der Waals surface area contributed by atoms with Gasteiger partial charge in [-0.25, -0.2) is 13.2 Å². The van der Waals surface area contributed by atoms with Crippen LogP contribution in [0, 0.1) is 0 Å². The number of carbonyl (C=O) groups is 1. The number of rotatable bonds is 5. The van der Waals surface area contributed by atoms with Gasteiger partial charge in [-0.2, -0.15) is 0 Å². The van der Waals surface area contributed by atoms with Crippen molar-refractivity contribution in [2.75, 3.05) is 17.1 Å². The number of hydrogen-bond donors (Lipinski definition) is 3. The number of aromatic carboxylic acids is 1. The summed E-state index contributed by atoms with van der Waals surface area (Å²) in [7, 11) is -3.62. The second kappa shape index (κ2) is 4.95. The predicted molar refractivity (Wildman–Crippen MR) is 57.9 cm³/mol. The molecule has 0 aliphatic rings. The minimum Gasteiger partial charge on any atom is -0.478 e. The standard InChI is InChI=1S/C9H11NO5S/c11-4-5-16(14,15)10-8-3-1-2-7(6-8)9(12)13/h1-3,6,10-11H,4-5H2,(H,12,13). The molecule has 1 aromatic rings. The molecule has 0 amide bonds. The summed E-state index contributed by atoms with van der Waals surface area (Å²) in [5.41, 5.74) is 0.151. The van der Waals surface area contributed by atoms with Gasteiger partial charge in [0.15, 0.2) is 0 Å². The molecule has 0 radical (unpaired) electrons. The Hall–Kier alpha value is -1.60. The maximum absolute atomic E-state index is 11.3. The first kappa shape index (κ1) is 12.5. The van der Waals surface area contributed by atoms with Crippen LogP contribution in [0.15, 0.2) is 24.3 Å². The quantitative estimate of drug-likeness (QED) is 0.683. The van der Waals surface area contributed by atoms with E-state index < -0.39 is 28.4 Å². The topological polar surface area (TPSA) is 104 Å². The Morgan fingerprint density at radius 2 is 2.06 bits per heavy atom. The molecule has 0 saturated carbocycles. The van der Waals surface area contributed by atoms with Gasteiger partial charge in [-0.3, -0.25) is 4.72 Å². The molecule has 88 valence electrons. The zero-order valence-electron chi connectivity index (χ0n) is 8.25. The second-order valence-corrected chi connectivity index (χ2v) is 4.87. The zero-order chi connectivity index (χ0) is 12.2. The Balaban J connectivity index is 2.90. The summed E-state index contributed by atoms with van der Waals surface area (Å²) < 4.78 is 24.7. The van der Waals surface area contributed by atoms with Gasteiger partial charge < -0.3 is 10.2 Å². The van der Waals surface area contributed by atoms with E-state index in [1.165, 1.54) is 24.3 Å². The first-order valence-corrected chi connectivity index (χ1v) is 6.04. The van der Waals surface area contributed by atoms with Crippen LogP contribution in [0.5, 0.6) is 0 Å². The van der Waals surface area contributed by atoms with Gasteiger partial charge >= 0.3 is 5.97 Å². The number of hydrogen-bond acceptors (Lipinski definition) is 4. The van der Waals surface area contributed by atoms with Crippen molar-refractivity contribution in [3.05, 3.63) is 29.8 Å². The lowest BCUT2D eigenvalue weighted by atomic mass is 10.2. The van der Waals surface area contributed by atoms with Crippen molar-refractivity contribution in [2.24, 2.45) is 0 Å². The number of aliphatic hydroxyl groups excluding tert-OH is 1. The third kappa shape index (κ3) is 3.52. The fraction of sp³-hybridized carbons (Fsp3) is 0.222. The van der Waals surface area contributed by atoms with Crippen molar-refractivity contribution < 1.29 is 23.4 Å². The maximum Gasteiger partial charge on any atom is 0.335 e. The molecule has 6 nitrogen and oxygen atoms in total. The lowest BCUT2D eigenvalue weighted by Crippen LogP contribution is -2.19. The molecule has 1 aromatic carbocycles. The zero-order valence-corrected chi connectivity index (χ0v) is 9.07. The average Bonchev–Trinajstić information content (AvgIpc) is 2.17. The molecular weight excluding hydrogens is 234 g/mol. The van der Waals surface area contributed by atoms with E-state index in [2.05, 4.69) is 4.72 Å². The molecule has 0 aromatic heterocycles. The normalized spacial score (nSPS) is 11.1. The fourth-order valence-corrected chi connectivity index (χ4v) is 1.89. The van der Waals surface area contributed by atoms with E-state index in [0.29, 0.717) is 0 Å². The first-order chi connectivity index (χ1) is 7.44. The Morgan fingerprint density at radius 1 is 1.38 bits per heavy atom. The largest absolute Gasteiger partial charge is 0.478 e. The highest BCUT2D eigenvalue weighted by Crippen LogP contribution is 2.12. The molecule has 0 aliphatic carbocycles. The summed E-state index contributed by atoms with van der Waals surface area (Å²) in [6.07, 6.45) is 0. The van der Waals surface area contributed by atoms with Crippen molar-refractivity contribution in [1.29, 1.82) is 0 Å². The van der Waals surface area contributed by atoms with E-state index >= 15 is 0 Å². The Bertz CT molecular complexity index is 482. The van der Waals surface area contributed by atoms with Crippen LogP contribution in [0.3, 0.4) is 0 Å². The smallest absolute Gasteiger partial charge is 0.335 e. The van der Waals surface area contributed by atoms with Gasteiger partial charge in [-0.15, -0.1) is 0 Å². The van der Waals surface area contributed by atoms with E-state index in [1.54, 1.807) is 0 Å². The van der Waals surface area contributed by atoms with Crippen molar-refractivity contribution in [1.82, 2.24) is 0 Å². The molecule has 0 unspecified atom stereocenters. The molecule has 0 heterocycles. The van der Waals surface area contributed by atoms with E-state index in [1.807, 2.05) is 0 Å². The number of anilines is 1. The van der Waals surface area contributed by atoms with E-state index in [0.717, 1.165) is 0 Å². The van der Waals surface area contributed by atoms with Crippen LogP contribution < -0.4 is 4.72 Å². The number of carboxylic acids is 1. The summed E-state index contributed by atoms with van der Waals surface area (Å²) in [5, 5.41) is 17.2. The van der Waals surface area contributed by atoms with E-state index in [9.17, 15) is 13.2 Å². The van der Waals surface area contributed by atoms with Gasteiger partial charge in [0.25, 0.3) is 0 Å². The molecule has 0 spiro atoms. The van der Waals surface area contributed by atoms with Gasteiger partial charge in [0, 0.05) is 5.69 Å². The third-order valence-electron chi connectivity index (χ3n) is 1.74. The van der Waals surface area contributed by atoms with E-state index in [-0.39, 0.29) is 11.3 Å². The molecule has 16 heavy (non-hydrogen) atoms. The number of nitrogens with one attached hydrogen (secondary N) is 1. The lowest BCUT2D eigenvalue weighted by Gasteiger charge is -2.06. The van der Waals surface area contributed by atoms with Gasteiger partial charge in [0.1, 0.15) is 0 Å². The van der Waals surface area contributed by atoms with Gasteiger partial charge in [-0.05, 0) is 18.2 Å². The van der Waals surface area contributed by atoms with Crippen LogP contribution in [-0.2, 0) is 10.0 Å². The molecule has 0 saturated heterocycles. The summed E-state index contributed by atoms with van der Waals surface area (Å²) >= 11 is 0. The highest BCUT2D eigenvalue weighted by Gasteiger charge is 2.10. The molecule has 0 atom stereocenters. The van der Waals surface area contributed by atoms with Crippen LogP contribution in [0.2, 0.25) is 0 Å². The summed E-state index contributed by atoms with van der Waals surface area (Å²) in [6.45, 7) is -0.492. The highest BCUT2D eigenvalue weighted by atomic mass is 32.2. The van der Waals surface area contributed by atoms with Gasteiger partial charge in [0.05, 0.1) is 17.9 Å². The van der Waals surface area contributed by atoms with Crippen LogP contribution in [0.1, 0.15) is 10.4 Å². The average molecular weight is 245 g/mol. The van der Waals surface area contributed by atoms with Gasteiger partial charge in [-0.1, -0.05) is 6.07 Å². The lowest BCUT2D eigenvalue weighted by molar-refractivity contribution is 0.0697. The van der Waals surface area contributed by atoms with Crippen LogP contribution in [0.4, 0.5) is 5.69 Å². The first-order valence-electron chi connectivity index (χ1n) is 4.39. The third-order valence-corrected chi connectivity index (χ3v) is 3.01. The maximum atomic E-state index is 11.3. The molecule has 7 heteroatoms. The fourth-order valence-electron chi connectivity index (χ4n) is 1.07. The van der Waals surface area contributed by atoms with Crippen LogP contribution in [-0.4, -0.2) is 37.0 Å². The minimum atomic E-state index is -3.62. The monoisotopic (exact) mass is 245 g/mol.